The van der Waals surface area contributed by atoms with Gasteiger partial charge in [-0.05, 0) is 43.7 Å². The van der Waals surface area contributed by atoms with Gasteiger partial charge in [0.1, 0.15) is 11.5 Å². The number of nitrogens with one attached hydrogen (secondary N) is 1. The molecule has 1 aromatic carbocycles. The zero-order valence-electron chi connectivity index (χ0n) is 15.5. The molecule has 0 spiro atoms. The summed E-state index contributed by atoms with van der Waals surface area (Å²) in [6.07, 6.45) is 0. The van der Waals surface area contributed by atoms with Crippen LogP contribution >= 0.6 is 0 Å². The minimum atomic E-state index is -0.473. The number of rotatable bonds is 6. The molecular weight excluding hydrogens is 346 g/mol. The first-order valence-corrected chi connectivity index (χ1v) is 8.98. The Labute approximate surface area is 157 Å². The van der Waals surface area contributed by atoms with Gasteiger partial charge in [-0.15, -0.1) is 0 Å². The Balaban J connectivity index is 1.56. The van der Waals surface area contributed by atoms with Crippen molar-refractivity contribution in [3.63, 3.8) is 0 Å². The highest BCUT2D eigenvalue weighted by Gasteiger charge is 2.31. The molecule has 2 heterocycles. The number of benzene rings is 1. The molecule has 2 aromatic rings. The Morgan fingerprint density at radius 3 is 2.33 bits per heavy atom. The number of hydrogen-bond donors (Lipinski definition) is 1. The molecule has 0 radical (unpaired) electrons. The lowest BCUT2D eigenvalue weighted by Crippen LogP contribution is -2.53. The molecule has 1 fully saturated rings. The Morgan fingerprint density at radius 2 is 1.70 bits per heavy atom. The van der Waals surface area contributed by atoms with Crippen molar-refractivity contribution in [3.05, 3.63) is 59.0 Å². The molecule has 3 rings (SSSR count). The Kier molecular flexibility index (Phi) is 5.59. The van der Waals surface area contributed by atoms with Gasteiger partial charge in [0.25, 0.3) is 5.91 Å². The van der Waals surface area contributed by atoms with E-state index in [1.165, 1.54) is 0 Å². The fourth-order valence-corrected chi connectivity index (χ4v) is 3.00. The van der Waals surface area contributed by atoms with Crippen LogP contribution in [-0.4, -0.2) is 47.2 Å². The van der Waals surface area contributed by atoms with Crippen molar-refractivity contribution in [2.24, 2.45) is 0 Å². The van der Waals surface area contributed by atoms with E-state index in [2.05, 4.69) is 5.32 Å². The molecule has 7 nitrogen and oxygen atoms in total. The molecule has 1 saturated heterocycles. The number of carbonyl (C=O) groups excluding carboxylic acids is 3. The van der Waals surface area contributed by atoms with E-state index in [0.29, 0.717) is 44.0 Å². The first-order chi connectivity index (χ1) is 13.0. The third-order valence-corrected chi connectivity index (χ3v) is 4.59. The largest absolute Gasteiger partial charge is 0.465 e. The van der Waals surface area contributed by atoms with Crippen molar-refractivity contribution >= 4 is 17.7 Å². The number of likely N-dealkylation sites (N-methyl/N-ethyl adjacent to an activating group) is 1. The van der Waals surface area contributed by atoms with E-state index >= 15 is 0 Å². The molecule has 0 unspecified atom stereocenters. The normalized spacial score (nSPS) is 14.6. The van der Waals surface area contributed by atoms with Crippen molar-refractivity contribution in [2.75, 3.05) is 19.6 Å². The molecule has 1 aliphatic heterocycles. The first-order valence-electron chi connectivity index (χ1n) is 8.98. The van der Waals surface area contributed by atoms with E-state index < -0.39 is 11.8 Å². The van der Waals surface area contributed by atoms with E-state index in [1.807, 2.05) is 26.0 Å². The lowest BCUT2D eigenvalue weighted by Gasteiger charge is -2.33. The van der Waals surface area contributed by atoms with Crippen molar-refractivity contribution < 1.29 is 18.8 Å². The van der Waals surface area contributed by atoms with Gasteiger partial charge in [0.2, 0.25) is 0 Å². The number of amides is 3. The fraction of sp³-hybridized carbons (Fsp3) is 0.350. The summed E-state index contributed by atoms with van der Waals surface area (Å²) in [5, 5.41) is 2.81. The fourth-order valence-electron chi connectivity index (χ4n) is 3.00. The number of furan rings is 1. The Morgan fingerprint density at radius 1 is 1.04 bits per heavy atom. The number of aryl methyl sites for hydroxylation is 1. The van der Waals surface area contributed by atoms with Crippen LogP contribution in [0.2, 0.25) is 0 Å². The van der Waals surface area contributed by atoms with Gasteiger partial charge in [-0.2, -0.15) is 0 Å². The van der Waals surface area contributed by atoms with E-state index in [0.717, 1.165) is 11.3 Å². The van der Waals surface area contributed by atoms with Crippen molar-refractivity contribution in [1.29, 1.82) is 0 Å². The molecule has 1 aliphatic rings. The molecule has 7 heteroatoms. The summed E-state index contributed by atoms with van der Waals surface area (Å²) in [4.78, 5) is 39.4. The van der Waals surface area contributed by atoms with E-state index in [4.69, 9.17) is 4.42 Å². The standard InChI is InChI=1S/C20H23N3O4/c1-3-22-10-11-23(20(26)19(22)25)13-15-5-7-16(8-6-15)18(24)21-12-17-9-4-14(2)27-17/h4-9H,3,10-13H2,1-2H3,(H,21,24). The molecule has 0 bridgehead atoms. The van der Waals surface area contributed by atoms with Gasteiger partial charge in [0.15, 0.2) is 0 Å². The number of piperazine rings is 1. The second-order valence-corrected chi connectivity index (χ2v) is 6.50. The van der Waals surface area contributed by atoms with Crippen LogP contribution in [0, 0.1) is 6.92 Å². The molecule has 3 amide bonds. The van der Waals surface area contributed by atoms with Crippen LogP contribution in [0.4, 0.5) is 0 Å². The summed E-state index contributed by atoms with van der Waals surface area (Å²) in [6.45, 7) is 6.00. The zero-order chi connectivity index (χ0) is 19.4. The SMILES string of the molecule is CCN1CCN(Cc2ccc(C(=O)NCc3ccc(C)o3)cc2)C(=O)C1=O. The van der Waals surface area contributed by atoms with Crippen molar-refractivity contribution in [2.45, 2.75) is 26.9 Å². The molecule has 27 heavy (non-hydrogen) atoms. The highest BCUT2D eigenvalue weighted by atomic mass is 16.3. The van der Waals surface area contributed by atoms with Crippen LogP contribution < -0.4 is 5.32 Å². The van der Waals surface area contributed by atoms with Gasteiger partial charge < -0.3 is 19.5 Å². The number of hydrogen-bond acceptors (Lipinski definition) is 4. The summed E-state index contributed by atoms with van der Waals surface area (Å²) in [6, 6.07) is 10.7. The van der Waals surface area contributed by atoms with E-state index in [9.17, 15) is 14.4 Å². The molecule has 142 valence electrons. The minimum Gasteiger partial charge on any atom is -0.465 e. The molecular formula is C20H23N3O4. The molecule has 1 aromatic heterocycles. The highest BCUT2D eigenvalue weighted by Crippen LogP contribution is 2.12. The van der Waals surface area contributed by atoms with Gasteiger partial charge in [-0.3, -0.25) is 14.4 Å². The smallest absolute Gasteiger partial charge is 0.312 e. The van der Waals surface area contributed by atoms with Crippen LogP contribution in [0.3, 0.4) is 0 Å². The van der Waals surface area contributed by atoms with Crippen molar-refractivity contribution in [1.82, 2.24) is 15.1 Å². The Hall–Kier alpha value is -3.09. The third-order valence-electron chi connectivity index (χ3n) is 4.59. The average Bonchev–Trinajstić information content (AvgIpc) is 3.09. The van der Waals surface area contributed by atoms with Crippen LogP contribution in [0.15, 0.2) is 40.8 Å². The second-order valence-electron chi connectivity index (χ2n) is 6.50. The Bertz CT molecular complexity index is 841. The lowest BCUT2D eigenvalue weighted by atomic mass is 10.1. The number of nitrogens with zero attached hydrogens (tertiary/aromatic N) is 2. The maximum Gasteiger partial charge on any atom is 0.312 e. The van der Waals surface area contributed by atoms with Crippen LogP contribution in [0.25, 0.3) is 0 Å². The maximum absolute atomic E-state index is 12.2. The van der Waals surface area contributed by atoms with E-state index in [1.54, 1.807) is 34.1 Å². The summed E-state index contributed by atoms with van der Waals surface area (Å²) in [5.74, 6) is 0.383. The summed E-state index contributed by atoms with van der Waals surface area (Å²) >= 11 is 0. The van der Waals surface area contributed by atoms with Crippen molar-refractivity contribution in [3.8, 4) is 0 Å². The van der Waals surface area contributed by atoms with Gasteiger partial charge >= 0.3 is 11.8 Å². The molecule has 0 atom stereocenters. The quantitative estimate of drug-likeness (QED) is 0.786. The molecule has 0 aliphatic carbocycles. The molecule has 0 saturated carbocycles. The monoisotopic (exact) mass is 369 g/mol. The van der Waals surface area contributed by atoms with Crippen LogP contribution in [-0.2, 0) is 22.7 Å². The summed E-state index contributed by atoms with van der Waals surface area (Å²) in [7, 11) is 0. The predicted molar refractivity (Wildman–Crippen MR) is 98.7 cm³/mol. The number of carbonyl (C=O) groups is 3. The van der Waals surface area contributed by atoms with Crippen LogP contribution in [0.5, 0.6) is 0 Å². The predicted octanol–water partition coefficient (Wildman–Crippen LogP) is 1.71. The van der Waals surface area contributed by atoms with Gasteiger partial charge in [0.05, 0.1) is 6.54 Å². The lowest BCUT2D eigenvalue weighted by molar-refractivity contribution is -0.156. The van der Waals surface area contributed by atoms with Gasteiger partial charge in [-0.25, -0.2) is 0 Å². The van der Waals surface area contributed by atoms with Crippen LogP contribution in [0.1, 0.15) is 34.4 Å². The first kappa shape index (κ1) is 18.7. The van der Waals surface area contributed by atoms with Gasteiger partial charge in [-0.1, -0.05) is 12.1 Å². The minimum absolute atomic E-state index is 0.196. The topological polar surface area (TPSA) is 82.9 Å². The molecule has 1 N–H and O–H groups in total. The zero-order valence-corrected chi connectivity index (χ0v) is 15.5. The van der Waals surface area contributed by atoms with E-state index in [-0.39, 0.29) is 5.91 Å². The summed E-state index contributed by atoms with van der Waals surface area (Å²) < 4.78 is 5.42. The maximum atomic E-state index is 12.2. The highest BCUT2D eigenvalue weighted by molar-refractivity contribution is 6.35. The average molecular weight is 369 g/mol. The third kappa shape index (κ3) is 4.36. The summed E-state index contributed by atoms with van der Waals surface area (Å²) in [5.41, 5.74) is 1.40. The van der Waals surface area contributed by atoms with Gasteiger partial charge in [0, 0.05) is 31.7 Å². The second kappa shape index (κ2) is 8.07.